The average Bonchev–Trinajstić information content (AvgIpc) is 3.25. The van der Waals surface area contributed by atoms with Crippen molar-refractivity contribution in [3.05, 3.63) is 52.1 Å². The molecule has 3 N–H and O–H groups in total. The van der Waals surface area contributed by atoms with Gasteiger partial charge in [-0.15, -0.1) is 11.3 Å². The summed E-state index contributed by atoms with van der Waals surface area (Å²) in [6, 6.07) is 6.93. The van der Waals surface area contributed by atoms with Crippen molar-refractivity contribution < 1.29 is 9.21 Å². The third-order valence-electron chi connectivity index (χ3n) is 3.24. The minimum atomic E-state index is -0.759. The molecule has 0 saturated heterocycles. The van der Waals surface area contributed by atoms with Crippen molar-refractivity contribution in [3.63, 3.8) is 0 Å². The standard InChI is InChI=1S/C14H9N5O3S/c15-11(20)9-10-13(18-12(16-9)7-3-1-5-22-7)19(14(21)17-10)8-4-2-6-23-8/h1-6H,(H2,15,20)(H,17,21). The molecule has 0 unspecified atom stereocenters. The molecule has 0 aliphatic carbocycles. The normalized spacial score (nSPS) is 11.1. The second-order valence-corrected chi connectivity index (χ2v) is 5.58. The minimum absolute atomic E-state index is 0.0613. The summed E-state index contributed by atoms with van der Waals surface area (Å²) in [5, 5.41) is 2.50. The zero-order valence-corrected chi connectivity index (χ0v) is 12.3. The number of nitrogens with two attached hydrogens (primary N) is 1. The maximum atomic E-state index is 12.3. The number of H-pyrrole nitrogens is 1. The van der Waals surface area contributed by atoms with Gasteiger partial charge < -0.3 is 15.1 Å². The van der Waals surface area contributed by atoms with E-state index in [-0.39, 0.29) is 22.7 Å². The lowest BCUT2D eigenvalue weighted by Crippen LogP contribution is -2.15. The van der Waals surface area contributed by atoms with Gasteiger partial charge in [-0.3, -0.25) is 4.79 Å². The fraction of sp³-hybridized carbons (Fsp3) is 0. The second-order valence-electron chi connectivity index (χ2n) is 4.65. The Kier molecular flexibility index (Phi) is 2.88. The third kappa shape index (κ3) is 2.06. The summed E-state index contributed by atoms with van der Waals surface area (Å²) in [4.78, 5) is 35.1. The van der Waals surface area contributed by atoms with E-state index >= 15 is 0 Å². The number of aromatic amines is 1. The molecule has 1 amide bonds. The first-order valence-corrected chi connectivity index (χ1v) is 7.43. The van der Waals surface area contributed by atoms with E-state index in [1.165, 1.54) is 22.2 Å². The summed E-state index contributed by atoms with van der Waals surface area (Å²) < 4.78 is 6.64. The number of nitrogens with zero attached hydrogens (tertiary/aromatic N) is 3. The molecular formula is C14H9N5O3S. The molecule has 4 rings (SSSR count). The highest BCUT2D eigenvalue weighted by molar-refractivity contribution is 7.12. The number of fused-ring (bicyclic) bond motifs is 1. The van der Waals surface area contributed by atoms with Crippen molar-refractivity contribution >= 4 is 28.4 Å². The van der Waals surface area contributed by atoms with E-state index in [0.717, 1.165) is 0 Å². The molecule has 0 atom stereocenters. The number of nitrogens with one attached hydrogen (secondary N) is 1. The highest BCUT2D eigenvalue weighted by Gasteiger charge is 2.21. The van der Waals surface area contributed by atoms with Gasteiger partial charge in [0, 0.05) is 0 Å². The molecule has 0 bridgehead atoms. The van der Waals surface area contributed by atoms with Crippen LogP contribution >= 0.6 is 11.3 Å². The molecule has 0 aliphatic rings. The van der Waals surface area contributed by atoms with Crippen LogP contribution in [0.25, 0.3) is 27.7 Å². The topological polar surface area (TPSA) is 120 Å². The number of hydrogen-bond acceptors (Lipinski definition) is 6. The summed E-state index contributed by atoms with van der Waals surface area (Å²) in [7, 11) is 0. The van der Waals surface area contributed by atoms with Gasteiger partial charge in [0.05, 0.1) is 6.26 Å². The Morgan fingerprint density at radius 1 is 1.30 bits per heavy atom. The van der Waals surface area contributed by atoms with E-state index in [4.69, 9.17) is 10.2 Å². The first-order chi connectivity index (χ1) is 11.1. The largest absolute Gasteiger partial charge is 0.461 e. The molecule has 0 aliphatic heterocycles. The lowest BCUT2D eigenvalue weighted by atomic mass is 10.3. The van der Waals surface area contributed by atoms with Gasteiger partial charge in [-0.05, 0) is 29.6 Å². The van der Waals surface area contributed by atoms with E-state index in [1.807, 2.05) is 11.4 Å². The average molecular weight is 327 g/mol. The van der Waals surface area contributed by atoms with Gasteiger partial charge in [-0.25, -0.2) is 19.3 Å². The highest BCUT2D eigenvalue weighted by Crippen LogP contribution is 2.23. The molecule has 0 spiro atoms. The number of imidazole rings is 1. The van der Waals surface area contributed by atoms with Gasteiger partial charge >= 0.3 is 5.69 Å². The first kappa shape index (κ1) is 13.5. The molecular weight excluding hydrogens is 318 g/mol. The van der Waals surface area contributed by atoms with Crippen molar-refractivity contribution in [1.29, 1.82) is 0 Å². The lowest BCUT2D eigenvalue weighted by molar-refractivity contribution is 0.0997. The number of carbonyl (C=O) groups excluding carboxylic acids is 1. The van der Waals surface area contributed by atoms with Crippen LogP contribution in [0.15, 0.2) is 45.1 Å². The summed E-state index contributed by atoms with van der Waals surface area (Å²) in [6.07, 6.45) is 1.47. The van der Waals surface area contributed by atoms with E-state index in [2.05, 4.69) is 15.0 Å². The molecule has 0 fully saturated rings. The van der Waals surface area contributed by atoms with Crippen molar-refractivity contribution in [2.24, 2.45) is 5.73 Å². The van der Waals surface area contributed by atoms with Gasteiger partial charge in [-0.1, -0.05) is 0 Å². The SMILES string of the molecule is NC(=O)c1nc(-c2ccco2)nc2c1[nH]c(=O)n2-c1cccs1. The molecule has 4 aromatic rings. The van der Waals surface area contributed by atoms with Gasteiger partial charge in [0.25, 0.3) is 5.91 Å². The maximum Gasteiger partial charge on any atom is 0.333 e. The van der Waals surface area contributed by atoms with Crippen LogP contribution in [0.4, 0.5) is 0 Å². The monoisotopic (exact) mass is 327 g/mol. The predicted molar refractivity (Wildman–Crippen MR) is 83.6 cm³/mol. The van der Waals surface area contributed by atoms with Gasteiger partial charge in [0.1, 0.15) is 10.5 Å². The number of carbonyl (C=O) groups is 1. The summed E-state index contributed by atoms with van der Waals surface area (Å²) in [5.74, 6) is -0.203. The number of primary amides is 1. The van der Waals surface area contributed by atoms with Crippen LogP contribution in [0, 0.1) is 0 Å². The highest BCUT2D eigenvalue weighted by atomic mass is 32.1. The third-order valence-corrected chi connectivity index (χ3v) is 4.09. The van der Waals surface area contributed by atoms with E-state index in [0.29, 0.717) is 10.8 Å². The Bertz CT molecular complexity index is 1060. The van der Waals surface area contributed by atoms with E-state index in [9.17, 15) is 9.59 Å². The molecule has 0 saturated carbocycles. The quantitative estimate of drug-likeness (QED) is 0.591. The molecule has 0 radical (unpaired) electrons. The van der Waals surface area contributed by atoms with Gasteiger partial charge in [-0.2, -0.15) is 0 Å². The molecule has 4 aromatic heterocycles. The van der Waals surface area contributed by atoms with Crippen LogP contribution in [-0.2, 0) is 0 Å². The number of amides is 1. The molecule has 23 heavy (non-hydrogen) atoms. The Hall–Kier alpha value is -3.20. The molecule has 9 heteroatoms. The number of aromatic nitrogens is 4. The van der Waals surface area contributed by atoms with Gasteiger partial charge in [0.2, 0.25) is 0 Å². The molecule has 4 heterocycles. The van der Waals surface area contributed by atoms with Crippen molar-refractivity contribution in [2.75, 3.05) is 0 Å². The fourth-order valence-electron chi connectivity index (χ4n) is 2.28. The summed E-state index contributed by atoms with van der Waals surface area (Å²) in [5.41, 5.74) is 5.38. The van der Waals surface area contributed by atoms with Crippen molar-refractivity contribution in [1.82, 2.24) is 19.5 Å². The maximum absolute atomic E-state index is 12.3. The van der Waals surface area contributed by atoms with Crippen molar-refractivity contribution in [2.45, 2.75) is 0 Å². The Morgan fingerprint density at radius 3 is 2.83 bits per heavy atom. The predicted octanol–water partition coefficient (Wildman–Crippen LogP) is 1.53. The number of furan rings is 1. The second kappa shape index (κ2) is 4.92. The number of hydrogen-bond donors (Lipinski definition) is 2. The van der Waals surface area contributed by atoms with E-state index in [1.54, 1.807) is 18.2 Å². The van der Waals surface area contributed by atoms with Crippen LogP contribution in [0.2, 0.25) is 0 Å². The number of rotatable bonds is 3. The Balaban J connectivity index is 2.11. The molecule has 8 nitrogen and oxygen atoms in total. The Morgan fingerprint density at radius 2 is 2.17 bits per heavy atom. The fourth-order valence-corrected chi connectivity index (χ4v) is 3.01. The summed E-state index contributed by atoms with van der Waals surface area (Å²) >= 11 is 1.37. The summed E-state index contributed by atoms with van der Waals surface area (Å²) in [6.45, 7) is 0. The van der Waals surface area contributed by atoms with Crippen LogP contribution < -0.4 is 11.4 Å². The van der Waals surface area contributed by atoms with E-state index < -0.39 is 11.6 Å². The van der Waals surface area contributed by atoms with Crippen molar-refractivity contribution in [3.8, 4) is 16.6 Å². The minimum Gasteiger partial charge on any atom is -0.461 e. The lowest BCUT2D eigenvalue weighted by Gasteiger charge is -2.03. The van der Waals surface area contributed by atoms with Crippen LogP contribution in [0.5, 0.6) is 0 Å². The molecule has 114 valence electrons. The number of thiophene rings is 1. The van der Waals surface area contributed by atoms with Crippen LogP contribution in [-0.4, -0.2) is 25.4 Å². The zero-order valence-electron chi connectivity index (χ0n) is 11.5. The smallest absolute Gasteiger partial charge is 0.333 e. The van der Waals surface area contributed by atoms with Crippen LogP contribution in [0.1, 0.15) is 10.5 Å². The molecule has 0 aromatic carbocycles. The Labute approximate surface area is 132 Å². The van der Waals surface area contributed by atoms with Crippen LogP contribution in [0.3, 0.4) is 0 Å². The van der Waals surface area contributed by atoms with Gasteiger partial charge in [0.15, 0.2) is 22.9 Å². The first-order valence-electron chi connectivity index (χ1n) is 6.55. The zero-order chi connectivity index (χ0) is 16.0.